The van der Waals surface area contributed by atoms with Crippen LogP contribution in [0.3, 0.4) is 0 Å². The van der Waals surface area contributed by atoms with E-state index < -0.39 is 0 Å². The molecule has 21 heavy (non-hydrogen) atoms. The Morgan fingerprint density at radius 3 is 2.71 bits per heavy atom. The van der Waals surface area contributed by atoms with Gasteiger partial charge in [0.15, 0.2) is 11.6 Å². The fourth-order valence-corrected chi connectivity index (χ4v) is 2.01. The number of nitrogens with one attached hydrogen (secondary N) is 1. The van der Waals surface area contributed by atoms with E-state index >= 15 is 0 Å². The lowest BCUT2D eigenvalue weighted by Crippen LogP contribution is -2.18. The third-order valence-electron chi connectivity index (χ3n) is 3.30. The van der Waals surface area contributed by atoms with Crippen LogP contribution in [0, 0.1) is 5.82 Å². The Kier molecular flexibility index (Phi) is 5.11. The summed E-state index contributed by atoms with van der Waals surface area (Å²) in [4.78, 5) is 4.07. The summed E-state index contributed by atoms with van der Waals surface area (Å²) in [5.74, 6) is 0.490. The smallest absolute Gasteiger partial charge is 0.213 e. The van der Waals surface area contributed by atoms with E-state index in [2.05, 4.69) is 10.3 Å². The van der Waals surface area contributed by atoms with Crippen LogP contribution < -0.4 is 14.8 Å². The van der Waals surface area contributed by atoms with Crippen LogP contribution in [-0.2, 0) is 6.54 Å². The van der Waals surface area contributed by atoms with Gasteiger partial charge in [0.2, 0.25) is 5.88 Å². The fraction of sp³-hybridized carbons (Fsp3) is 0.312. The number of aromatic nitrogens is 1. The number of hydrogen-bond donors (Lipinski definition) is 1. The van der Waals surface area contributed by atoms with Gasteiger partial charge in [0.25, 0.3) is 0 Å². The van der Waals surface area contributed by atoms with E-state index in [0.29, 0.717) is 12.4 Å². The molecular weight excluding hydrogens is 271 g/mol. The first-order valence-electron chi connectivity index (χ1n) is 6.69. The van der Waals surface area contributed by atoms with Crippen molar-refractivity contribution in [1.82, 2.24) is 10.3 Å². The summed E-state index contributed by atoms with van der Waals surface area (Å²) in [6.07, 6.45) is 1.71. The first-order valence-corrected chi connectivity index (χ1v) is 6.69. The summed E-state index contributed by atoms with van der Waals surface area (Å²) in [6.45, 7) is 2.69. The molecule has 112 valence electrons. The summed E-state index contributed by atoms with van der Waals surface area (Å²) in [7, 11) is 3.05. The van der Waals surface area contributed by atoms with Gasteiger partial charge >= 0.3 is 0 Å². The molecule has 0 fully saturated rings. The third kappa shape index (κ3) is 3.92. The van der Waals surface area contributed by atoms with Gasteiger partial charge in [-0.25, -0.2) is 9.37 Å². The van der Waals surface area contributed by atoms with Crippen LogP contribution in [0.25, 0.3) is 0 Å². The molecule has 1 aromatic carbocycles. The molecule has 0 aliphatic carbocycles. The molecule has 1 N–H and O–H groups in total. The average Bonchev–Trinajstić information content (AvgIpc) is 2.53. The molecule has 4 nitrogen and oxygen atoms in total. The molecule has 0 saturated carbocycles. The van der Waals surface area contributed by atoms with Gasteiger partial charge in [0, 0.05) is 24.8 Å². The molecule has 0 aliphatic rings. The molecule has 1 atom stereocenters. The molecule has 0 radical (unpaired) electrons. The highest BCUT2D eigenvalue weighted by Crippen LogP contribution is 2.22. The van der Waals surface area contributed by atoms with Crippen LogP contribution >= 0.6 is 0 Å². The molecule has 1 unspecified atom stereocenters. The van der Waals surface area contributed by atoms with Crippen LogP contribution in [0.2, 0.25) is 0 Å². The second-order valence-corrected chi connectivity index (χ2v) is 4.70. The normalized spacial score (nSPS) is 12.0. The van der Waals surface area contributed by atoms with Crippen LogP contribution in [0.1, 0.15) is 24.1 Å². The number of methoxy groups -OCH3 is 2. The number of halogens is 1. The van der Waals surface area contributed by atoms with Gasteiger partial charge in [-0.3, -0.25) is 0 Å². The molecule has 0 bridgehead atoms. The maximum atomic E-state index is 13.4. The van der Waals surface area contributed by atoms with Crippen molar-refractivity contribution in [3.63, 3.8) is 0 Å². The van der Waals surface area contributed by atoms with Gasteiger partial charge in [0.1, 0.15) is 0 Å². The highest BCUT2D eigenvalue weighted by Gasteiger charge is 2.09. The maximum Gasteiger partial charge on any atom is 0.213 e. The van der Waals surface area contributed by atoms with E-state index in [1.165, 1.54) is 13.2 Å². The zero-order chi connectivity index (χ0) is 15.2. The minimum atomic E-state index is -0.354. The van der Waals surface area contributed by atoms with E-state index in [1.807, 2.05) is 19.1 Å². The lowest BCUT2D eigenvalue weighted by molar-refractivity contribution is 0.385. The van der Waals surface area contributed by atoms with E-state index in [4.69, 9.17) is 9.47 Å². The van der Waals surface area contributed by atoms with Crippen molar-refractivity contribution in [2.45, 2.75) is 19.5 Å². The molecule has 5 heteroatoms. The largest absolute Gasteiger partial charge is 0.494 e. The molecule has 1 aromatic heterocycles. The van der Waals surface area contributed by atoms with Crippen molar-refractivity contribution in [2.75, 3.05) is 14.2 Å². The lowest BCUT2D eigenvalue weighted by atomic mass is 10.1. The summed E-state index contributed by atoms with van der Waals surface area (Å²) >= 11 is 0. The highest BCUT2D eigenvalue weighted by atomic mass is 19.1. The van der Waals surface area contributed by atoms with E-state index in [-0.39, 0.29) is 17.6 Å². The quantitative estimate of drug-likeness (QED) is 0.888. The van der Waals surface area contributed by atoms with E-state index in [0.717, 1.165) is 11.1 Å². The Morgan fingerprint density at radius 1 is 1.19 bits per heavy atom. The van der Waals surface area contributed by atoms with Gasteiger partial charge in [0.05, 0.1) is 14.2 Å². The topological polar surface area (TPSA) is 43.4 Å². The SMILES string of the molecule is COc1cc(CNC(C)c2ccc(F)c(OC)c2)ccn1. The molecule has 2 aromatic rings. The highest BCUT2D eigenvalue weighted by molar-refractivity contribution is 5.32. The predicted molar refractivity (Wildman–Crippen MR) is 79.0 cm³/mol. The van der Waals surface area contributed by atoms with Gasteiger partial charge in [-0.15, -0.1) is 0 Å². The second kappa shape index (κ2) is 7.04. The fourth-order valence-electron chi connectivity index (χ4n) is 2.01. The van der Waals surface area contributed by atoms with Crippen molar-refractivity contribution in [3.05, 3.63) is 53.5 Å². The molecule has 0 saturated heterocycles. The molecule has 0 amide bonds. The monoisotopic (exact) mass is 290 g/mol. The lowest BCUT2D eigenvalue weighted by Gasteiger charge is -2.15. The Hall–Kier alpha value is -2.14. The van der Waals surface area contributed by atoms with Crippen molar-refractivity contribution >= 4 is 0 Å². The maximum absolute atomic E-state index is 13.4. The zero-order valence-corrected chi connectivity index (χ0v) is 12.4. The summed E-state index contributed by atoms with van der Waals surface area (Å²) < 4.78 is 23.5. The molecule has 1 heterocycles. The summed E-state index contributed by atoms with van der Waals surface area (Å²) in [5.41, 5.74) is 2.04. The summed E-state index contributed by atoms with van der Waals surface area (Å²) in [5, 5.41) is 3.38. The van der Waals surface area contributed by atoms with Crippen molar-refractivity contribution < 1.29 is 13.9 Å². The number of rotatable bonds is 6. The predicted octanol–water partition coefficient (Wildman–Crippen LogP) is 3.09. The van der Waals surface area contributed by atoms with Crippen molar-refractivity contribution in [1.29, 1.82) is 0 Å². The Morgan fingerprint density at radius 2 is 2.00 bits per heavy atom. The molecule has 0 spiro atoms. The minimum Gasteiger partial charge on any atom is -0.494 e. The molecule has 0 aliphatic heterocycles. The third-order valence-corrected chi connectivity index (χ3v) is 3.30. The number of benzene rings is 1. The van der Waals surface area contributed by atoms with Crippen LogP contribution in [0.15, 0.2) is 36.5 Å². The second-order valence-electron chi connectivity index (χ2n) is 4.70. The molecule has 2 rings (SSSR count). The Balaban J connectivity index is 2.02. The van der Waals surface area contributed by atoms with Gasteiger partial charge in [-0.2, -0.15) is 0 Å². The van der Waals surface area contributed by atoms with Crippen molar-refractivity contribution in [2.24, 2.45) is 0 Å². The summed E-state index contributed by atoms with van der Waals surface area (Å²) in [6, 6.07) is 8.75. The standard InChI is InChI=1S/C16H19FN2O2/c1-11(13-4-5-14(17)15(9-13)20-2)19-10-12-6-7-18-16(8-12)21-3/h4-9,11,19H,10H2,1-3H3. The average molecular weight is 290 g/mol. The van der Waals surface area contributed by atoms with E-state index in [9.17, 15) is 4.39 Å². The number of pyridine rings is 1. The van der Waals surface area contributed by atoms with Crippen molar-refractivity contribution in [3.8, 4) is 11.6 Å². The first kappa shape index (κ1) is 15.3. The van der Waals surface area contributed by atoms with Crippen LogP contribution in [0.4, 0.5) is 4.39 Å². The van der Waals surface area contributed by atoms with Gasteiger partial charge in [-0.05, 0) is 36.2 Å². The van der Waals surface area contributed by atoms with Crippen LogP contribution in [-0.4, -0.2) is 19.2 Å². The Bertz CT molecular complexity index is 605. The zero-order valence-electron chi connectivity index (χ0n) is 12.4. The minimum absolute atomic E-state index is 0.0682. The van der Waals surface area contributed by atoms with E-state index in [1.54, 1.807) is 25.4 Å². The number of nitrogens with zero attached hydrogens (tertiary/aromatic N) is 1. The number of hydrogen-bond acceptors (Lipinski definition) is 4. The van der Waals surface area contributed by atoms with Crippen LogP contribution in [0.5, 0.6) is 11.6 Å². The first-order chi connectivity index (χ1) is 10.1. The van der Waals surface area contributed by atoms with Gasteiger partial charge < -0.3 is 14.8 Å². The Labute approximate surface area is 123 Å². The van der Waals surface area contributed by atoms with Gasteiger partial charge in [-0.1, -0.05) is 6.07 Å². The molecular formula is C16H19FN2O2. The number of ether oxygens (including phenoxy) is 2.